The van der Waals surface area contributed by atoms with Crippen molar-refractivity contribution in [2.75, 3.05) is 0 Å². The number of hydrogen-bond acceptors (Lipinski definition) is 3. The van der Waals surface area contributed by atoms with Gasteiger partial charge in [-0.15, -0.1) is 0 Å². The van der Waals surface area contributed by atoms with E-state index < -0.39 is 0 Å². The zero-order chi connectivity index (χ0) is 13.7. The molecule has 0 saturated carbocycles. The number of ketones is 1. The van der Waals surface area contributed by atoms with Gasteiger partial charge in [0, 0.05) is 17.7 Å². The Balaban J connectivity index is 1.97. The number of carbonyl (C=O) groups excluding carboxylic acids is 1. The minimum atomic E-state index is 0.259. The molecule has 0 N–H and O–H groups in total. The summed E-state index contributed by atoms with van der Waals surface area (Å²) in [5, 5.41) is 0. The third-order valence-electron chi connectivity index (χ3n) is 3.63. The first-order valence-electron chi connectivity index (χ1n) is 6.54. The van der Waals surface area contributed by atoms with E-state index in [1.54, 1.807) is 0 Å². The third kappa shape index (κ3) is 1.70. The highest BCUT2D eigenvalue weighted by atomic mass is 79.9. The van der Waals surface area contributed by atoms with E-state index >= 15 is 0 Å². The van der Waals surface area contributed by atoms with Gasteiger partial charge in [-0.3, -0.25) is 9.20 Å². The normalized spacial score (nSPS) is 14.8. The molecule has 100 valence electrons. The van der Waals surface area contributed by atoms with Crippen LogP contribution in [0.5, 0.6) is 0 Å². The third-order valence-corrected chi connectivity index (χ3v) is 5.49. The van der Waals surface area contributed by atoms with Crippen LogP contribution in [0.3, 0.4) is 0 Å². The maximum atomic E-state index is 12.0. The minimum absolute atomic E-state index is 0.259. The van der Waals surface area contributed by atoms with Gasteiger partial charge in [-0.05, 0) is 28.8 Å². The number of fused-ring (bicyclic) bond motifs is 3. The van der Waals surface area contributed by atoms with Crippen molar-refractivity contribution in [2.45, 2.75) is 19.3 Å². The summed E-state index contributed by atoms with van der Waals surface area (Å²) in [5.41, 5.74) is 3.15. The van der Waals surface area contributed by atoms with Crippen molar-refractivity contribution < 1.29 is 4.79 Å². The molecule has 0 bridgehead atoms. The van der Waals surface area contributed by atoms with Crippen molar-refractivity contribution in [3.8, 4) is 11.3 Å². The number of hydrogen-bond donors (Lipinski definition) is 0. The summed E-state index contributed by atoms with van der Waals surface area (Å²) in [4.78, 5) is 18.5. The highest BCUT2D eigenvalue weighted by Gasteiger charge is 2.26. The van der Waals surface area contributed by atoms with Crippen molar-refractivity contribution in [1.29, 1.82) is 0 Å². The van der Waals surface area contributed by atoms with Gasteiger partial charge in [-0.2, -0.15) is 0 Å². The standard InChI is InChI=1S/C15H11BrN2OS/c16-14-12(9-5-2-1-3-6-9)17-15-18(14)10-7-4-8-11(19)13(10)20-15/h1-3,5-6H,4,7-8H2. The molecule has 3 aromatic rings. The van der Waals surface area contributed by atoms with Gasteiger partial charge in [0.1, 0.15) is 10.3 Å². The van der Waals surface area contributed by atoms with Crippen molar-refractivity contribution >= 4 is 38.0 Å². The second kappa shape index (κ2) is 4.53. The lowest BCUT2D eigenvalue weighted by molar-refractivity contribution is 0.0976. The Bertz CT molecular complexity index is 819. The first-order chi connectivity index (χ1) is 9.75. The zero-order valence-electron chi connectivity index (χ0n) is 10.6. The Morgan fingerprint density at radius 1 is 1.20 bits per heavy atom. The molecule has 2 heterocycles. The topological polar surface area (TPSA) is 34.4 Å². The van der Waals surface area contributed by atoms with Crippen molar-refractivity contribution in [2.24, 2.45) is 0 Å². The molecule has 1 aliphatic carbocycles. The van der Waals surface area contributed by atoms with Crippen LogP contribution in [-0.4, -0.2) is 15.2 Å². The molecular weight excluding hydrogens is 336 g/mol. The lowest BCUT2D eigenvalue weighted by Gasteiger charge is -2.10. The molecule has 0 amide bonds. The first kappa shape index (κ1) is 12.3. The van der Waals surface area contributed by atoms with Crippen LogP contribution in [0.25, 0.3) is 16.2 Å². The summed E-state index contributed by atoms with van der Waals surface area (Å²) in [6.45, 7) is 0. The van der Waals surface area contributed by atoms with E-state index in [0.29, 0.717) is 6.42 Å². The second-order valence-electron chi connectivity index (χ2n) is 4.89. The molecule has 2 aromatic heterocycles. The first-order valence-corrected chi connectivity index (χ1v) is 8.15. The highest BCUT2D eigenvalue weighted by molar-refractivity contribution is 9.10. The lowest BCUT2D eigenvalue weighted by atomic mass is 10.0. The molecule has 20 heavy (non-hydrogen) atoms. The van der Waals surface area contributed by atoms with Gasteiger partial charge in [0.15, 0.2) is 10.7 Å². The van der Waals surface area contributed by atoms with Crippen LogP contribution < -0.4 is 0 Å². The van der Waals surface area contributed by atoms with Crippen LogP contribution in [0.1, 0.15) is 28.2 Å². The van der Waals surface area contributed by atoms with E-state index in [1.807, 2.05) is 18.2 Å². The number of carbonyl (C=O) groups is 1. The number of benzene rings is 1. The lowest BCUT2D eigenvalue weighted by Crippen LogP contribution is -2.09. The molecule has 4 rings (SSSR count). The fourth-order valence-corrected chi connectivity index (χ4v) is 4.64. The SMILES string of the molecule is O=C1CCCc2c1sc1nc(-c3ccccc3)c(Br)n21. The van der Waals surface area contributed by atoms with E-state index in [4.69, 9.17) is 4.98 Å². The van der Waals surface area contributed by atoms with Gasteiger partial charge in [0.25, 0.3) is 0 Å². The number of Topliss-reactive ketones (excluding diaryl/α,β-unsaturated/α-hetero) is 1. The molecule has 0 atom stereocenters. The van der Waals surface area contributed by atoms with Crippen molar-refractivity contribution in [3.05, 3.63) is 45.5 Å². The van der Waals surface area contributed by atoms with Gasteiger partial charge >= 0.3 is 0 Å². The second-order valence-corrected chi connectivity index (χ2v) is 6.62. The number of aromatic nitrogens is 2. The van der Waals surface area contributed by atoms with Crippen LogP contribution in [0.4, 0.5) is 0 Å². The summed E-state index contributed by atoms with van der Waals surface area (Å²) in [7, 11) is 0. The molecule has 0 unspecified atom stereocenters. The van der Waals surface area contributed by atoms with E-state index in [1.165, 1.54) is 11.3 Å². The summed E-state index contributed by atoms with van der Waals surface area (Å²) >= 11 is 5.17. The molecule has 0 radical (unpaired) electrons. The molecular formula is C15H11BrN2OS. The molecule has 1 aliphatic rings. The zero-order valence-corrected chi connectivity index (χ0v) is 13.0. The van der Waals surface area contributed by atoms with E-state index in [2.05, 4.69) is 32.5 Å². The van der Waals surface area contributed by atoms with Crippen LogP contribution in [0, 0.1) is 0 Å². The van der Waals surface area contributed by atoms with Crippen LogP contribution >= 0.6 is 27.3 Å². The largest absolute Gasteiger partial charge is 0.293 e. The summed E-state index contributed by atoms with van der Waals surface area (Å²) in [5.74, 6) is 0.259. The van der Waals surface area contributed by atoms with E-state index in [9.17, 15) is 4.79 Å². The monoisotopic (exact) mass is 346 g/mol. The summed E-state index contributed by atoms with van der Waals surface area (Å²) < 4.78 is 3.05. The average molecular weight is 347 g/mol. The number of aryl methyl sites for hydroxylation is 1. The predicted octanol–water partition coefficient (Wildman–Crippen LogP) is 4.34. The Kier molecular flexibility index (Phi) is 2.79. The Morgan fingerprint density at radius 3 is 2.80 bits per heavy atom. The fourth-order valence-electron chi connectivity index (χ4n) is 2.69. The molecule has 0 fully saturated rings. The van der Waals surface area contributed by atoms with Crippen molar-refractivity contribution in [1.82, 2.24) is 9.38 Å². The number of halogens is 1. The average Bonchev–Trinajstić information content (AvgIpc) is 2.99. The van der Waals surface area contributed by atoms with Gasteiger partial charge in [-0.1, -0.05) is 41.7 Å². The summed E-state index contributed by atoms with van der Waals surface area (Å²) in [6.07, 6.45) is 2.55. The van der Waals surface area contributed by atoms with Gasteiger partial charge in [-0.25, -0.2) is 4.98 Å². The van der Waals surface area contributed by atoms with Gasteiger partial charge in [0.2, 0.25) is 0 Å². The maximum absolute atomic E-state index is 12.0. The molecule has 0 saturated heterocycles. The van der Waals surface area contributed by atoms with Crippen LogP contribution in [0.15, 0.2) is 34.9 Å². The van der Waals surface area contributed by atoms with Crippen LogP contribution in [-0.2, 0) is 6.42 Å². The van der Waals surface area contributed by atoms with Crippen molar-refractivity contribution in [3.63, 3.8) is 0 Å². The number of thiazole rings is 1. The molecule has 0 spiro atoms. The smallest absolute Gasteiger partial charge is 0.196 e. The molecule has 5 heteroatoms. The number of nitrogens with zero attached hydrogens (tertiary/aromatic N) is 2. The van der Waals surface area contributed by atoms with Crippen LogP contribution in [0.2, 0.25) is 0 Å². The van der Waals surface area contributed by atoms with E-state index in [0.717, 1.165) is 44.2 Å². The Labute approximate surface area is 128 Å². The molecule has 1 aromatic carbocycles. The minimum Gasteiger partial charge on any atom is -0.293 e. The summed E-state index contributed by atoms with van der Waals surface area (Å²) in [6, 6.07) is 10.1. The quantitative estimate of drug-likeness (QED) is 0.656. The van der Waals surface area contributed by atoms with Gasteiger partial charge in [0.05, 0.1) is 4.88 Å². The molecule has 3 nitrogen and oxygen atoms in total. The predicted molar refractivity (Wildman–Crippen MR) is 83.5 cm³/mol. The number of rotatable bonds is 1. The Morgan fingerprint density at radius 2 is 2.00 bits per heavy atom. The highest BCUT2D eigenvalue weighted by Crippen LogP contribution is 2.37. The maximum Gasteiger partial charge on any atom is 0.196 e. The molecule has 0 aliphatic heterocycles. The van der Waals surface area contributed by atoms with E-state index in [-0.39, 0.29) is 5.78 Å². The fraction of sp³-hybridized carbons (Fsp3) is 0.200. The van der Waals surface area contributed by atoms with Gasteiger partial charge < -0.3 is 0 Å². The Hall–Kier alpha value is -1.46. The number of imidazole rings is 1.